The molecule has 0 atom stereocenters. The molecular weight excluding hydrogens is 484 g/mol. The van der Waals surface area contributed by atoms with Gasteiger partial charge in [-0.15, -0.1) is 0 Å². The molecule has 0 spiro atoms. The van der Waals surface area contributed by atoms with E-state index in [1.54, 1.807) is 0 Å². The van der Waals surface area contributed by atoms with E-state index >= 15 is 0 Å². The molecule has 0 aromatic heterocycles. The van der Waals surface area contributed by atoms with Gasteiger partial charge in [-0.25, -0.2) is 0 Å². The van der Waals surface area contributed by atoms with E-state index in [2.05, 4.69) is 115 Å². The first-order valence-corrected chi connectivity index (χ1v) is 13.3. The highest BCUT2D eigenvalue weighted by Crippen LogP contribution is 2.39. The first-order chi connectivity index (χ1) is 18.6. The number of hydrogen-bond donors (Lipinski definition) is 1. The summed E-state index contributed by atoms with van der Waals surface area (Å²) in [6, 6.07) is 37.6. The zero-order valence-electron chi connectivity index (χ0n) is 21.6. The predicted octanol–water partition coefficient (Wildman–Crippen LogP) is 8.58. The van der Waals surface area contributed by atoms with Crippen LogP contribution in [0.4, 0.5) is 22.7 Å². The van der Waals surface area contributed by atoms with Crippen molar-refractivity contribution in [3.05, 3.63) is 156 Å². The van der Waals surface area contributed by atoms with Crippen molar-refractivity contribution in [2.24, 2.45) is 9.54 Å². The Labute approximate surface area is 229 Å². The summed E-state index contributed by atoms with van der Waals surface area (Å²) in [5.74, 6) is 0. The molecule has 38 heavy (non-hydrogen) atoms. The lowest BCUT2D eigenvalue weighted by Gasteiger charge is -2.35. The summed E-state index contributed by atoms with van der Waals surface area (Å²) in [6.45, 7) is 8.73. The van der Waals surface area contributed by atoms with Gasteiger partial charge in [-0.2, -0.15) is 4.40 Å². The molecule has 0 unspecified atom stereocenters. The molecule has 0 radical (unpaired) electrons. The molecule has 5 heteroatoms. The fraction of sp³-hybridized carbons (Fsp3) is 0.0606. The highest BCUT2D eigenvalue weighted by molar-refractivity contribution is 7.95. The van der Waals surface area contributed by atoms with Gasteiger partial charge in [0.15, 0.2) is 0 Å². The third-order valence-corrected chi connectivity index (χ3v) is 6.76. The third kappa shape index (κ3) is 5.21. The maximum absolute atomic E-state index is 5.95. The number of nitrogens with two attached hydrogens (primary N) is 1. The van der Waals surface area contributed by atoms with Crippen molar-refractivity contribution in [2.75, 3.05) is 9.80 Å². The minimum absolute atomic E-state index is 0.729. The van der Waals surface area contributed by atoms with Crippen molar-refractivity contribution in [3.63, 3.8) is 0 Å². The fourth-order valence-electron chi connectivity index (χ4n) is 4.55. The van der Waals surface area contributed by atoms with Gasteiger partial charge in [0.2, 0.25) is 0 Å². The van der Waals surface area contributed by atoms with Gasteiger partial charge in [-0.3, -0.25) is 5.14 Å². The van der Waals surface area contributed by atoms with Crippen molar-refractivity contribution in [2.45, 2.75) is 13.8 Å². The molecule has 4 aromatic carbocycles. The molecule has 4 aromatic rings. The minimum atomic E-state index is 0.729. The molecule has 4 nitrogen and oxygen atoms in total. The van der Waals surface area contributed by atoms with Crippen LogP contribution in [0.5, 0.6) is 0 Å². The minimum Gasteiger partial charge on any atom is -0.310 e. The SMILES string of the molecule is C=C1C(N(c2ccccc2)c2ccc(C)cc2)=CC=C(N(c2ccccc2)c2ccc(C)cc2)C1=NSN. The van der Waals surface area contributed by atoms with Crippen LogP contribution in [0.25, 0.3) is 0 Å². The van der Waals surface area contributed by atoms with E-state index in [1.165, 1.54) is 11.1 Å². The normalized spacial score (nSPS) is 14.2. The lowest BCUT2D eigenvalue weighted by atomic mass is 9.96. The molecule has 188 valence electrons. The largest absolute Gasteiger partial charge is 0.310 e. The molecule has 0 bridgehead atoms. The second-order valence-corrected chi connectivity index (χ2v) is 9.53. The van der Waals surface area contributed by atoms with Crippen molar-refractivity contribution in [1.82, 2.24) is 0 Å². The zero-order chi connectivity index (χ0) is 26.5. The Morgan fingerprint density at radius 2 is 0.974 bits per heavy atom. The van der Waals surface area contributed by atoms with Gasteiger partial charge in [0, 0.05) is 28.3 Å². The van der Waals surface area contributed by atoms with Crippen molar-refractivity contribution >= 4 is 40.6 Å². The standard InChI is InChI=1S/C33H30N4S/c1-24-14-18-29(19-15-24)36(27-10-6-4-7-11-27)31-22-23-32(33(26(31)3)35-38-34)37(28-12-8-5-9-13-28)30-20-16-25(2)17-21-30/h4-23H,3,34H2,1-2H3. The number of rotatable bonds is 7. The van der Waals surface area contributed by atoms with Crippen molar-refractivity contribution in [1.29, 1.82) is 0 Å². The van der Waals surface area contributed by atoms with E-state index in [0.29, 0.717) is 0 Å². The summed E-state index contributed by atoms with van der Waals surface area (Å²) in [7, 11) is 0. The molecule has 1 aliphatic rings. The van der Waals surface area contributed by atoms with Gasteiger partial charge < -0.3 is 9.80 Å². The molecule has 0 fully saturated rings. The highest BCUT2D eigenvalue weighted by atomic mass is 32.2. The summed E-state index contributed by atoms with van der Waals surface area (Å²) in [5, 5.41) is 5.95. The summed E-state index contributed by atoms with van der Waals surface area (Å²) in [5.41, 5.74) is 9.92. The van der Waals surface area contributed by atoms with Crippen LogP contribution in [-0.4, -0.2) is 5.71 Å². The van der Waals surface area contributed by atoms with Crippen LogP contribution in [0.15, 0.2) is 149 Å². The average Bonchev–Trinajstić information content (AvgIpc) is 2.95. The third-order valence-electron chi connectivity index (χ3n) is 6.48. The van der Waals surface area contributed by atoms with Crippen LogP contribution in [-0.2, 0) is 0 Å². The lowest BCUT2D eigenvalue weighted by Crippen LogP contribution is -2.30. The molecule has 0 aliphatic heterocycles. The molecule has 5 rings (SSSR count). The Kier molecular flexibility index (Phi) is 7.59. The number of allylic oxidation sites excluding steroid dienone is 4. The molecule has 0 heterocycles. The second kappa shape index (κ2) is 11.4. The van der Waals surface area contributed by atoms with Crippen LogP contribution >= 0.6 is 12.1 Å². The monoisotopic (exact) mass is 514 g/mol. The van der Waals surface area contributed by atoms with Gasteiger partial charge in [0.25, 0.3) is 0 Å². The van der Waals surface area contributed by atoms with Crippen LogP contribution in [0.2, 0.25) is 0 Å². The molecule has 1 aliphatic carbocycles. The van der Waals surface area contributed by atoms with E-state index in [1.807, 2.05) is 36.4 Å². The van der Waals surface area contributed by atoms with Crippen LogP contribution in [0, 0.1) is 13.8 Å². The number of para-hydroxylation sites is 2. The van der Waals surface area contributed by atoms with Gasteiger partial charge >= 0.3 is 0 Å². The fourth-order valence-corrected chi connectivity index (χ4v) is 4.86. The van der Waals surface area contributed by atoms with E-state index in [0.717, 1.165) is 57.6 Å². The van der Waals surface area contributed by atoms with Gasteiger partial charge in [0.05, 0.1) is 23.5 Å². The quantitative estimate of drug-likeness (QED) is 0.251. The lowest BCUT2D eigenvalue weighted by molar-refractivity contribution is 1.16. The number of hydrogen-bond acceptors (Lipinski definition) is 5. The summed E-state index contributed by atoms with van der Waals surface area (Å²) >= 11 is 0.947. The number of benzene rings is 4. The summed E-state index contributed by atoms with van der Waals surface area (Å²) in [6.07, 6.45) is 4.23. The predicted molar refractivity (Wildman–Crippen MR) is 164 cm³/mol. The van der Waals surface area contributed by atoms with Crippen LogP contribution < -0.4 is 14.9 Å². The first-order valence-electron chi connectivity index (χ1n) is 12.5. The number of nitrogens with zero attached hydrogens (tertiary/aromatic N) is 3. The van der Waals surface area contributed by atoms with Gasteiger partial charge in [0.1, 0.15) is 5.71 Å². The topological polar surface area (TPSA) is 44.9 Å². The summed E-state index contributed by atoms with van der Waals surface area (Å²) in [4.78, 5) is 4.41. The van der Waals surface area contributed by atoms with E-state index < -0.39 is 0 Å². The Balaban J connectivity index is 1.69. The maximum Gasteiger partial charge on any atom is 0.106 e. The average molecular weight is 515 g/mol. The van der Waals surface area contributed by atoms with E-state index in [-0.39, 0.29) is 0 Å². The first kappa shape index (κ1) is 25.3. The van der Waals surface area contributed by atoms with Crippen molar-refractivity contribution < 1.29 is 0 Å². The second-order valence-electron chi connectivity index (χ2n) is 9.14. The molecule has 0 saturated heterocycles. The maximum atomic E-state index is 5.95. The smallest absolute Gasteiger partial charge is 0.106 e. The molecule has 0 amide bonds. The highest BCUT2D eigenvalue weighted by Gasteiger charge is 2.29. The Morgan fingerprint density at radius 1 is 0.579 bits per heavy atom. The zero-order valence-corrected chi connectivity index (χ0v) is 22.4. The van der Waals surface area contributed by atoms with Crippen LogP contribution in [0.3, 0.4) is 0 Å². The van der Waals surface area contributed by atoms with Gasteiger partial charge in [-0.1, -0.05) is 78.4 Å². The number of anilines is 4. The Bertz CT molecular complexity index is 1500. The van der Waals surface area contributed by atoms with E-state index in [9.17, 15) is 0 Å². The van der Waals surface area contributed by atoms with Crippen LogP contribution in [0.1, 0.15) is 11.1 Å². The molecule has 0 saturated carbocycles. The van der Waals surface area contributed by atoms with Gasteiger partial charge in [-0.05, 0) is 74.5 Å². The Hall–Kier alpha value is -4.32. The number of aryl methyl sites for hydroxylation is 2. The molecule has 2 N–H and O–H groups in total. The summed E-state index contributed by atoms with van der Waals surface area (Å²) < 4.78 is 4.70. The Morgan fingerprint density at radius 3 is 1.42 bits per heavy atom. The van der Waals surface area contributed by atoms with E-state index in [4.69, 9.17) is 9.54 Å². The molecular formula is C33H30N4S. The van der Waals surface area contributed by atoms with Crippen molar-refractivity contribution in [3.8, 4) is 0 Å².